The van der Waals surface area contributed by atoms with Crippen LogP contribution in [0.25, 0.3) is 0 Å². The van der Waals surface area contributed by atoms with E-state index in [2.05, 4.69) is 15.0 Å². The van der Waals surface area contributed by atoms with E-state index < -0.39 is 6.36 Å². The first-order chi connectivity index (χ1) is 17.7. The van der Waals surface area contributed by atoms with Gasteiger partial charge in [-0.2, -0.15) is 0 Å². The van der Waals surface area contributed by atoms with Gasteiger partial charge >= 0.3 is 6.36 Å². The molecular weight excluding hydrogens is 487 g/mol. The fourth-order valence-electron chi connectivity index (χ4n) is 4.88. The SMILES string of the molecule is Cc1ccc(OCC(=O)NC2CCN(C3CCN(C(=O)c4ccc(OC(F)(F)F)cc4)CC3)CC2)cc1. The summed E-state index contributed by atoms with van der Waals surface area (Å²) in [5.41, 5.74) is 1.48. The molecular formula is C27H32F3N3O4. The standard InChI is InChI=1S/C27H32F3N3O4/c1-19-2-6-23(7-3-19)36-18-25(34)31-21-10-14-32(15-11-21)22-12-16-33(17-13-22)26(35)20-4-8-24(9-5-20)37-27(28,29)30/h2-9,21-22H,10-18H2,1H3,(H,31,34). The van der Waals surface area contributed by atoms with Gasteiger partial charge in [-0.15, -0.1) is 13.2 Å². The molecule has 37 heavy (non-hydrogen) atoms. The quantitative estimate of drug-likeness (QED) is 0.595. The summed E-state index contributed by atoms with van der Waals surface area (Å²) >= 11 is 0. The molecule has 2 fully saturated rings. The summed E-state index contributed by atoms with van der Waals surface area (Å²) < 4.78 is 46.4. The molecule has 0 aliphatic carbocycles. The molecule has 2 aromatic carbocycles. The second-order valence-corrected chi connectivity index (χ2v) is 9.58. The fraction of sp³-hybridized carbons (Fsp3) is 0.481. The molecule has 4 rings (SSSR count). The number of amides is 2. The van der Waals surface area contributed by atoms with Crippen LogP contribution in [0.15, 0.2) is 48.5 Å². The smallest absolute Gasteiger partial charge is 0.484 e. The highest BCUT2D eigenvalue weighted by atomic mass is 19.4. The van der Waals surface area contributed by atoms with E-state index in [-0.39, 0.29) is 30.2 Å². The number of likely N-dealkylation sites (tertiary alicyclic amines) is 2. The summed E-state index contributed by atoms with van der Waals surface area (Å²) in [5, 5.41) is 3.07. The normalized spacial score (nSPS) is 17.9. The maximum absolute atomic E-state index is 12.8. The lowest BCUT2D eigenvalue weighted by Crippen LogP contribution is -2.52. The number of piperidine rings is 2. The molecule has 2 amide bonds. The highest BCUT2D eigenvalue weighted by Gasteiger charge is 2.32. The Balaban J connectivity index is 1.16. The number of aryl methyl sites for hydroxylation is 1. The highest BCUT2D eigenvalue weighted by Crippen LogP contribution is 2.25. The van der Waals surface area contributed by atoms with Gasteiger partial charge in [-0.3, -0.25) is 9.59 Å². The third-order valence-electron chi connectivity index (χ3n) is 6.89. The summed E-state index contributed by atoms with van der Waals surface area (Å²) in [5.74, 6) is 0.0177. The average molecular weight is 520 g/mol. The predicted octanol–water partition coefficient (Wildman–Crippen LogP) is 4.16. The Morgan fingerprint density at radius 2 is 1.49 bits per heavy atom. The van der Waals surface area contributed by atoms with Gasteiger partial charge in [-0.25, -0.2) is 0 Å². The van der Waals surface area contributed by atoms with Crippen LogP contribution in [-0.2, 0) is 4.79 Å². The van der Waals surface area contributed by atoms with Crippen molar-refractivity contribution in [2.45, 2.75) is 51.1 Å². The van der Waals surface area contributed by atoms with E-state index in [0.29, 0.717) is 30.4 Å². The highest BCUT2D eigenvalue weighted by molar-refractivity contribution is 5.94. The molecule has 0 bridgehead atoms. The first-order valence-corrected chi connectivity index (χ1v) is 12.5. The lowest BCUT2D eigenvalue weighted by Gasteiger charge is -2.42. The Morgan fingerprint density at radius 3 is 2.08 bits per heavy atom. The molecule has 0 aromatic heterocycles. The van der Waals surface area contributed by atoms with Crippen LogP contribution >= 0.6 is 0 Å². The zero-order chi connectivity index (χ0) is 26.4. The van der Waals surface area contributed by atoms with Crippen LogP contribution in [0.2, 0.25) is 0 Å². The minimum Gasteiger partial charge on any atom is -0.484 e. The van der Waals surface area contributed by atoms with Crippen LogP contribution in [-0.4, -0.2) is 72.8 Å². The summed E-state index contributed by atoms with van der Waals surface area (Å²) in [6.45, 7) is 4.93. The second kappa shape index (κ2) is 11.9. The van der Waals surface area contributed by atoms with Crippen molar-refractivity contribution in [3.8, 4) is 11.5 Å². The van der Waals surface area contributed by atoms with Crippen molar-refractivity contribution in [1.29, 1.82) is 0 Å². The number of halogens is 3. The maximum atomic E-state index is 12.8. The number of carbonyl (C=O) groups is 2. The van der Waals surface area contributed by atoms with E-state index in [9.17, 15) is 22.8 Å². The molecule has 10 heteroatoms. The largest absolute Gasteiger partial charge is 0.573 e. The predicted molar refractivity (Wildman–Crippen MR) is 131 cm³/mol. The van der Waals surface area contributed by atoms with Crippen LogP contribution < -0.4 is 14.8 Å². The number of carbonyl (C=O) groups excluding carboxylic acids is 2. The molecule has 7 nitrogen and oxygen atoms in total. The third-order valence-corrected chi connectivity index (χ3v) is 6.89. The summed E-state index contributed by atoms with van der Waals surface area (Å²) in [4.78, 5) is 29.2. The minimum absolute atomic E-state index is 0.00611. The summed E-state index contributed by atoms with van der Waals surface area (Å²) in [7, 11) is 0. The van der Waals surface area contributed by atoms with Gasteiger partial charge in [-0.1, -0.05) is 17.7 Å². The van der Waals surface area contributed by atoms with Gasteiger partial charge in [-0.05, 0) is 69.0 Å². The van der Waals surface area contributed by atoms with Crippen molar-refractivity contribution >= 4 is 11.8 Å². The molecule has 1 N–H and O–H groups in total. The first kappa shape index (κ1) is 26.8. The van der Waals surface area contributed by atoms with Gasteiger partial charge in [0.05, 0.1) is 0 Å². The molecule has 2 heterocycles. The van der Waals surface area contributed by atoms with Crippen molar-refractivity contribution in [3.05, 3.63) is 59.7 Å². The van der Waals surface area contributed by atoms with Crippen molar-refractivity contribution in [3.63, 3.8) is 0 Å². The van der Waals surface area contributed by atoms with E-state index in [0.717, 1.165) is 56.5 Å². The molecule has 0 unspecified atom stereocenters. The van der Waals surface area contributed by atoms with Gasteiger partial charge in [0.25, 0.3) is 11.8 Å². The van der Waals surface area contributed by atoms with Crippen LogP contribution in [0.5, 0.6) is 11.5 Å². The van der Waals surface area contributed by atoms with Crippen LogP contribution in [0.3, 0.4) is 0 Å². The van der Waals surface area contributed by atoms with Crippen LogP contribution in [0.1, 0.15) is 41.6 Å². The van der Waals surface area contributed by atoms with E-state index in [1.54, 1.807) is 4.90 Å². The molecule has 0 saturated carbocycles. The molecule has 2 saturated heterocycles. The number of alkyl halides is 3. The number of hydrogen-bond donors (Lipinski definition) is 1. The molecule has 200 valence electrons. The monoisotopic (exact) mass is 519 g/mol. The van der Waals surface area contributed by atoms with E-state index in [1.165, 1.54) is 12.1 Å². The van der Waals surface area contributed by atoms with Crippen LogP contribution in [0, 0.1) is 6.92 Å². The molecule has 2 aliphatic heterocycles. The van der Waals surface area contributed by atoms with Crippen molar-refractivity contribution < 1.29 is 32.2 Å². The third kappa shape index (κ3) is 7.85. The number of hydrogen-bond acceptors (Lipinski definition) is 5. The lowest BCUT2D eigenvalue weighted by molar-refractivity contribution is -0.274. The number of nitrogens with one attached hydrogen (secondary N) is 1. The zero-order valence-electron chi connectivity index (χ0n) is 20.8. The number of nitrogens with zero attached hydrogens (tertiary/aromatic N) is 2. The maximum Gasteiger partial charge on any atom is 0.573 e. The van der Waals surface area contributed by atoms with E-state index in [1.807, 2.05) is 31.2 Å². The Labute approximate surface area is 214 Å². The Kier molecular flexibility index (Phi) is 8.58. The lowest BCUT2D eigenvalue weighted by atomic mass is 9.97. The van der Waals surface area contributed by atoms with Gasteiger partial charge in [0, 0.05) is 43.8 Å². The van der Waals surface area contributed by atoms with Crippen LogP contribution in [0.4, 0.5) is 13.2 Å². The minimum atomic E-state index is -4.76. The molecule has 0 atom stereocenters. The van der Waals surface area contributed by atoms with Crippen molar-refractivity contribution in [2.75, 3.05) is 32.8 Å². The summed E-state index contributed by atoms with van der Waals surface area (Å²) in [6.07, 6.45) is -1.36. The van der Waals surface area contributed by atoms with E-state index >= 15 is 0 Å². The van der Waals surface area contributed by atoms with Gasteiger partial charge in [0.2, 0.25) is 0 Å². The Hall–Kier alpha value is -3.27. The second-order valence-electron chi connectivity index (χ2n) is 9.58. The molecule has 2 aliphatic rings. The zero-order valence-corrected chi connectivity index (χ0v) is 20.8. The van der Waals surface area contributed by atoms with E-state index in [4.69, 9.17) is 4.74 Å². The average Bonchev–Trinajstić information content (AvgIpc) is 2.88. The topological polar surface area (TPSA) is 71.1 Å². The molecule has 0 spiro atoms. The molecule has 2 aromatic rings. The first-order valence-electron chi connectivity index (χ1n) is 12.5. The Morgan fingerprint density at radius 1 is 0.892 bits per heavy atom. The van der Waals surface area contributed by atoms with Crippen molar-refractivity contribution in [1.82, 2.24) is 15.1 Å². The van der Waals surface area contributed by atoms with Crippen molar-refractivity contribution in [2.24, 2.45) is 0 Å². The van der Waals surface area contributed by atoms with Gasteiger partial charge in [0.1, 0.15) is 11.5 Å². The van der Waals surface area contributed by atoms with Gasteiger partial charge in [0.15, 0.2) is 6.61 Å². The molecule has 0 radical (unpaired) electrons. The fourth-order valence-corrected chi connectivity index (χ4v) is 4.88. The number of benzene rings is 2. The summed E-state index contributed by atoms with van der Waals surface area (Å²) in [6, 6.07) is 13.1. The number of ether oxygens (including phenoxy) is 2. The number of rotatable bonds is 7. The Bertz CT molecular complexity index is 1040. The van der Waals surface area contributed by atoms with Gasteiger partial charge < -0.3 is 24.6 Å².